The van der Waals surface area contributed by atoms with Crippen LogP contribution in [0.25, 0.3) is 21.9 Å². The minimum absolute atomic E-state index is 0.669. The lowest BCUT2D eigenvalue weighted by Crippen LogP contribution is -1.98. The quantitative estimate of drug-likeness (QED) is 0.368. The van der Waals surface area contributed by atoms with Crippen molar-refractivity contribution < 1.29 is 5.21 Å². The number of fused-ring (bicyclic) bond motifs is 5. The standard InChI is InChI=1S/C17H11NO/c19-18-17-15-8-4-3-7-13(15)14-10-9-11-5-1-2-6-12(11)16(14)17/h1-10,19H/b18-17-. The monoisotopic (exact) mass is 245 g/mol. The van der Waals surface area contributed by atoms with Crippen LogP contribution in [0.15, 0.2) is 65.8 Å². The van der Waals surface area contributed by atoms with Crippen molar-refractivity contribution >= 4 is 16.5 Å². The average molecular weight is 245 g/mol. The average Bonchev–Trinajstić information content (AvgIpc) is 2.81. The molecule has 0 atom stereocenters. The van der Waals surface area contributed by atoms with Crippen molar-refractivity contribution in [1.29, 1.82) is 0 Å². The summed E-state index contributed by atoms with van der Waals surface area (Å²) >= 11 is 0. The second kappa shape index (κ2) is 3.69. The molecular weight excluding hydrogens is 234 g/mol. The van der Waals surface area contributed by atoms with Crippen LogP contribution >= 0.6 is 0 Å². The molecule has 0 heterocycles. The van der Waals surface area contributed by atoms with Crippen LogP contribution in [0.2, 0.25) is 0 Å². The highest BCUT2D eigenvalue weighted by atomic mass is 16.4. The lowest BCUT2D eigenvalue weighted by molar-refractivity contribution is 0.320. The molecule has 90 valence electrons. The SMILES string of the molecule is O/N=C1/c2ccccc2-c2ccc3ccccc3c21. The minimum atomic E-state index is 0.669. The molecule has 0 bridgehead atoms. The molecule has 0 saturated carbocycles. The van der Waals surface area contributed by atoms with Crippen molar-refractivity contribution in [2.24, 2.45) is 5.16 Å². The lowest BCUT2D eigenvalue weighted by atomic mass is 9.99. The number of hydrogen-bond donors (Lipinski definition) is 1. The smallest absolute Gasteiger partial charge is 0.118 e. The number of oxime groups is 1. The van der Waals surface area contributed by atoms with Gasteiger partial charge in [0.1, 0.15) is 5.71 Å². The summed E-state index contributed by atoms with van der Waals surface area (Å²) in [7, 11) is 0. The summed E-state index contributed by atoms with van der Waals surface area (Å²) in [6, 6.07) is 20.5. The van der Waals surface area contributed by atoms with Gasteiger partial charge in [-0.05, 0) is 21.9 Å². The first-order valence-corrected chi connectivity index (χ1v) is 6.24. The minimum Gasteiger partial charge on any atom is -0.410 e. The van der Waals surface area contributed by atoms with Gasteiger partial charge < -0.3 is 5.21 Å². The molecule has 0 aliphatic heterocycles. The van der Waals surface area contributed by atoms with E-state index in [1.807, 2.05) is 30.3 Å². The summed E-state index contributed by atoms with van der Waals surface area (Å²) in [6.07, 6.45) is 0. The molecule has 1 N–H and O–H groups in total. The van der Waals surface area contributed by atoms with Crippen molar-refractivity contribution in [2.75, 3.05) is 0 Å². The van der Waals surface area contributed by atoms with Crippen LogP contribution in [0.5, 0.6) is 0 Å². The molecule has 3 aromatic rings. The molecule has 2 nitrogen and oxygen atoms in total. The van der Waals surface area contributed by atoms with E-state index in [0.29, 0.717) is 5.71 Å². The normalized spacial score (nSPS) is 14.6. The van der Waals surface area contributed by atoms with Crippen LogP contribution in [0.4, 0.5) is 0 Å². The Hall–Kier alpha value is -2.61. The highest BCUT2D eigenvalue weighted by Gasteiger charge is 2.26. The number of benzene rings is 3. The fourth-order valence-electron chi connectivity index (χ4n) is 2.91. The van der Waals surface area contributed by atoms with Gasteiger partial charge in [-0.2, -0.15) is 0 Å². The molecule has 2 heteroatoms. The maximum absolute atomic E-state index is 9.41. The summed E-state index contributed by atoms with van der Waals surface area (Å²) in [5.74, 6) is 0. The van der Waals surface area contributed by atoms with E-state index >= 15 is 0 Å². The van der Waals surface area contributed by atoms with Crippen molar-refractivity contribution in [3.63, 3.8) is 0 Å². The van der Waals surface area contributed by atoms with E-state index in [0.717, 1.165) is 33.0 Å². The highest BCUT2D eigenvalue weighted by molar-refractivity contribution is 6.29. The van der Waals surface area contributed by atoms with Gasteiger partial charge in [-0.15, -0.1) is 0 Å². The van der Waals surface area contributed by atoms with Crippen molar-refractivity contribution in [1.82, 2.24) is 0 Å². The van der Waals surface area contributed by atoms with Crippen LogP contribution < -0.4 is 0 Å². The van der Waals surface area contributed by atoms with Gasteiger partial charge in [-0.3, -0.25) is 0 Å². The zero-order valence-electron chi connectivity index (χ0n) is 10.2. The zero-order chi connectivity index (χ0) is 12.8. The van der Waals surface area contributed by atoms with Gasteiger partial charge in [-0.1, -0.05) is 65.8 Å². The summed E-state index contributed by atoms with van der Waals surface area (Å²) < 4.78 is 0. The Bertz CT molecular complexity index is 834. The van der Waals surface area contributed by atoms with Gasteiger partial charge in [0.2, 0.25) is 0 Å². The summed E-state index contributed by atoms with van der Waals surface area (Å²) in [5.41, 5.74) is 4.97. The predicted molar refractivity (Wildman–Crippen MR) is 76.8 cm³/mol. The Kier molecular flexibility index (Phi) is 2.00. The maximum Gasteiger partial charge on any atom is 0.118 e. The van der Waals surface area contributed by atoms with Gasteiger partial charge in [0.05, 0.1) is 0 Å². The summed E-state index contributed by atoms with van der Waals surface area (Å²) in [6.45, 7) is 0. The largest absolute Gasteiger partial charge is 0.410 e. The summed E-state index contributed by atoms with van der Waals surface area (Å²) in [4.78, 5) is 0. The van der Waals surface area contributed by atoms with Crippen LogP contribution in [-0.2, 0) is 0 Å². The van der Waals surface area contributed by atoms with E-state index in [-0.39, 0.29) is 0 Å². The lowest BCUT2D eigenvalue weighted by Gasteiger charge is -2.05. The Balaban J connectivity index is 2.20. The van der Waals surface area contributed by atoms with Crippen LogP contribution in [0.1, 0.15) is 11.1 Å². The van der Waals surface area contributed by atoms with Crippen molar-refractivity contribution in [3.8, 4) is 11.1 Å². The molecule has 1 aliphatic carbocycles. The molecule has 0 fully saturated rings. The second-order valence-corrected chi connectivity index (χ2v) is 4.70. The Morgan fingerprint density at radius 3 is 2.26 bits per heavy atom. The first kappa shape index (κ1) is 10.3. The molecule has 0 radical (unpaired) electrons. The van der Waals surface area contributed by atoms with Crippen molar-refractivity contribution in [2.45, 2.75) is 0 Å². The van der Waals surface area contributed by atoms with E-state index in [1.165, 1.54) is 0 Å². The molecule has 19 heavy (non-hydrogen) atoms. The molecule has 0 saturated heterocycles. The van der Waals surface area contributed by atoms with Gasteiger partial charge in [0, 0.05) is 11.1 Å². The first-order chi connectivity index (χ1) is 9.40. The predicted octanol–water partition coefficient (Wildman–Crippen LogP) is 4.05. The van der Waals surface area contributed by atoms with Crippen LogP contribution in [-0.4, -0.2) is 10.9 Å². The molecule has 3 aromatic carbocycles. The van der Waals surface area contributed by atoms with Gasteiger partial charge in [0.15, 0.2) is 0 Å². The Labute approximate surface area is 110 Å². The number of nitrogens with zero attached hydrogens (tertiary/aromatic N) is 1. The van der Waals surface area contributed by atoms with Crippen LogP contribution in [0, 0.1) is 0 Å². The van der Waals surface area contributed by atoms with E-state index < -0.39 is 0 Å². The van der Waals surface area contributed by atoms with Crippen LogP contribution in [0.3, 0.4) is 0 Å². The van der Waals surface area contributed by atoms with Gasteiger partial charge in [0.25, 0.3) is 0 Å². The maximum atomic E-state index is 9.41. The molecule has 0 aromatic heterocycles. The fourth-order valence-corrected chi connectivity index (χ4v) is 2.91. The Morgan fingerprint density at radius 2 is 1.42 bits per heavy atom. The summed E-state index contributed by atoms with van der Waals surface area (Å²) in [5, 5.41) is 15.2. The highest BCUT2D eigenvalue weighted by Crippen LogP contribution is 2.40. The third-order valence-electron chi connectivity index (χ3n) is 3.74. The molecule has 4 rings (SSSR count). The van der Waals surface area contributed by atoms with Gasteiger partial charge in [-0.25, -0.2) is 0 Å². The molecule has 0 spiro atoms. The molecule has 0 unspecified atom stereocenters. The molecule has 0 amide bonds. The first-order valence-electron chi connectivity index (χ1n) is 6.24. The zero-order valence-corrected chi connectivity index (χ0v) is 10.2. The fraction of sp³-hybridized carbons (Fsp3) is 0. The topological polar surface area (TPSA) is 32.6 Å². The van der Waals surface area contributed by atoms with E-state index in [4.69, 9.17) is 0 Å². The third-order valence-corrected chi connectivity index (χ3v) is 3.74. The Morgan fingerprint density at radius 1 is 0.684 bits per heavy atom. The number of rotatable bonds is 0. The van der Waals surface area contributed by atoms with Crippen molar-refractivity contribution in [3.05, 3.63) is 71.8 Å². The number of hydrogen-bond acceptors (Lipinski definition) is 2. The van der Waals surface area contributed by atoms with Gasteiger partial charge >= 0.3 is 0 Å². The molecule has 1 aliphatic rings. The van der Waals surface area contributed by atoms with E-state index in [2.05, 4.69) is 35.5 Å². The second-order valence-electron chi connectivity index (χ2n) is 4.70. The van der Waals surface area contributed by atoms with E-state index in [1.54, 1.807) is 0 Å². The molecular formula is C17H11NO. The third kappa shape index (κ3) is 1.28. The van der Waals surface area contributed by atoms with E-state index in [9.17, 15) is 5.21 Å².